The summed E-state index contributed by atoms with van der Waals surface area (Å²) in [5.74, 6) is 3.14. The topological polar surface area (TPSA) is 33.4 Å². The highest BCUT2D eigenvalue weighted by molar-refractivity contribution is 5.33. The first-order valence-electron chi connectivity index (χ1n) is 7.29. The molecule has 1 atom stereocenters. The predicted octanol–water partition coefficient (Wildman–Crippen LogP) is 4.45. The maximum Gasteiger partial charge on any atom is 0.107 e. The largest absolute Gasteiger partial charge is 0.466 e. The normalized spacial score (nSPS) is 26.3. The molecule has 0 aromatic carbocycles. The molecule has 1 unspecified atom stereocenters. The van der Waals surface area contributed by atoms with Gasteiger partial charge in [-0.05, 0) is 51.0 Å². The van der Waals surface area contributed by atoms with Crippen LogP contribution in [0.5, 0.6) is 0 Å². The van der Waals surface area contributed by atoms with Gasteiger partial charge in [0.1, 0.15) is 11.5 Å². The van der Waals surface area contributed by atoms with E-state index in [1.54, 1.807) is 0 Å². The average Bonchev–Trinajstić information content (AvgIpc) is 2.63. The Hall–Kier alpha value is -0.760. The van der Waals surface area contributed by atoms with Crippen molar-refractivity contribution in [3.8, 4) is 0 Å². The van der Waals surface area contributed by atoms with Gasteiger partial charge in [-0.25, -0.2) is 0 Å². The molecule has 0 radical (unpaired) electrons. The van der Waals surface area contributed by atoms with E-state index in [0.29, 0.717) is 5.92 Å². The maximum absolute atomic E-state index is 10.6. The van der Waals surface area contributed by atoms with Crippen LogP contribution in [0, 0.1) is 32.6 Å². The van der Waals surface area contributed by atoms with Crippen LogP contribution in [0.3, 0.4) is 0 Å². The molecule has 2 heteroatoms. The average molecular weight is 250 g/mol. The van der Waals surface area contributed by atoms with Gasteiger partial charge in [-0.1, -0.05) is 26.2 Å². The molecule has 1 saturated carbocycles. The zero-order valence-corrected chi connectivity index (χ0v) is 12.1. The lowest BCUT2D eigenvalue weighted by atomic mass is 9.76. The lowest BCUT2D eigenvalue weighted by Gasteiger charge is -2.31. The Balaban J connectivity index is 2.10. The minimum absolute atomic E-state index is 0.333. The molecular weight excluding hydrogens is 224 g/mol. The molecule has 1 aliphatic rings. The molecule has 18 heavy (non-hydrogen) atoms. The Labute approximate surface area is 110 Å². The van der Waals surface area contributed by atoms with Gasteiger partial charge >= 0.3 is 0 Å². The summed E-state index contributed by atoms with van der Waals surface area (Å²) in [6.45, 7) is 8.28. The van der Waals surface area contributed by atoms with E-state index >= 15 is 0 Å². The summed E-state index contributed by atoms with van der Waals surface area (Å²) in [5.41, 5.74) is 2.19. The number of aryl methyl sites for hydroxylation is 2. The van der Waals surface area contributed by atoms with Gasteiger partial charge in [-0.3, -0.25) is 0 Å². The Morgan fingerprint density at radius 2 is 1.72 bits per heavy atom. The summed E-state index contributed by atoms with van der Waals surface area (Å²) in [6, 6.07) is 0. The van der Waals surface area contributed by atoms with Crippen LogP contribution in [0.15, 0.2) is 4.42 Å². The molecule has 1 aliphatic carbocycles. The monoisotopic (exact) mass is 250 g/mol. The summed E-state index contributed by atoms with van der Waals surface area (Å²) >= 11 is 0. The van der Waals surface area contributed by atoms with E-state index in [1.165, 1.54) is 19.3 Å². The van der Waals surface area contributed by atoms with Crippen LogP contribution in [-0.2, 0) is 0 Å². The van der Waals surface area contributed by atoms with Crippen molar-refractivity contribution in [2.75, 3.05) is 0 Å². The Morgan fingerprint density at radius 1 is 1.11 bits per heavy atom. The first kappa shape index (κ1) is 13.7. The SMILES string of the molecule is CCC1CCC(C(O)c2c(C)oc(C)c2C)CC1. The predicted molar refractivity (Wildman–Crippen MR) is 73.6 cm³/mol. The molecule has 1 N–H and O–H groups in total. The highest BCUT2D eigenvalue weighted by atomic mass is 16.3. The maximum atomic E-state index is 10.6. The van der Waals surface area contributed by atoms with E-state index < -0.39 is 0 Å². The lowest BCUT2D eigenvalue weighted by Crippen LogP contribution is -2.20. The smallest absolute Gasteiger partial charge is 0.107 e. The van der Waals surface area contributed by atoms with Crippen LogP contribution in [0.2, 0.25) is 0 Å². The van der Waals surface area contributed by atoms with Crippen molar-refractivity contribution in [1.82, 2.24) is 0 Å². The summed E-state index contributed by atoms with van der Waals surface area (Å²) in [4.78, 5) is 0. The summed E-state index contributed by atoms with van der Waals surface area (Å²) in [7, 11) is 0. The van der Waals surface area contributed by atoms with Crippen molar-refractivity contribution in [1.29, 1.82) is 0 Å². The van der Waals surface area contributed by atoms with Crippen molar-refractivity contribution < 1.29 is 9.52 Å². The van der Waals surface area contributed by atoms with Gasteiger partial charge < -0.3 is 9.52 Å². The molecule has 2 rings (SSSR count). The Morgan fingerprint density at radius 3 is 2.17 bits per heavy atom. The lowest BCUT2D eigenvalue weighted by molar-refractivity contribution is 0.0714. The molecule has 1 fully saturated rings. The minimum Gasteiger partial charge on any atom is -0.466 e. The van der Waals surface area contributed by atoms with Crippen molar-refractivity contribution in [3.63, 3.8) is 0 Å². The van der Waals surface area contributed by atoms with Crippen LogP contribution in [0.1, 0.15) is 67.8 Å². The third-order valence-corrected chi connectivity index (χ3v) is 4.83. The molecule has 0 bridgehead atoms. The number of aliphatic hydroxyl groups excluding tert-OH is 1. The fraction of sp³-hybridized carbons (Fsp3) is 0.750. The molecule has 1 aromatic heterocycles. The van der Waals surface area contributed by atoms with Crippen LogP contribution in [0.25, 0.3) is 0 Å². The van der Waals surface area contributed by atoms with Crippen molar-refractivity contribution in [3.05, 3.63) is 22.6 Å². The molecule has 1 aromatic rings. The molecule has 0 aliphatic heterocycles. The second-order valence-electron chi connectivity index (χ2n) is 5.89. The van der Waals surface area contributed by atoms with E-state index in [-0.39, 0.29) is 6.10 Å². The summed E-state index contributed by atoms with van der Waals surface area (Å²) in [6.07, 6.45) is 5.80. The third-order valence-electron chi connectivity index (χ3n) is 4.83. The number of aliphatic hydroxyl groups is 1. The molecule has 0 amide bonds. The van der Waals surface area contributed by atoms with Crippen LogP contribution in [0.4, 0.5) is 0 Å². The molecule has 102 valence electrons. The van der Waals surface area contributed by atoms with E-state index in [1.807, 2.05) is 13.8 Å². The van der Waals surface area contributed by atoms with Gasteiger partial charge in [0.25, 0.3) is 0 Å². The van der Waals surface area contributed by atoms with Gasteiger partial charge in [0, 0.05) is 5.56 Å². The Kier molecular flexibility index (Phi) is 4.16. The van der Waals surface area contributed by atoms with E-state index in [2.05, 4.69) is 13.8 Å². The third kappa shape index (κ3) is 2.49. The zero-order valence-electron chi connectivity index (χ0n) is 12.1. The fourth-order valence-electron chi connectivity index (χ4n) is 3.39. The van der Waals surface area contributed by atoms with Crippen molar-refractivity contribution in [2.24, 2.45) is 11.8 Å². The molecule has 0 saturated heterocycles. The van der Waals surface area contributed by atoms with Gasteiger partial charge in [0.05, 0.1) is 6.10 Å². The molecule has 2 nitrogen and oxygen atoms in total. The minimum atomic E-state index is -0.333. The van der Waals surface area contributed by atoms with E-state index in [0.717, 1.165) is 41.4 Å². The van der Waals surface area contributed by atoms with Gasteiger partial charge in [-0.15, -0.1) is 0 Å². The van der Waals surface area contributed by atoms with Gasteiger partial charge in [0.2, 0.25) is 0 Å². The van der Waals surface area contributed by atoms with E-state index in [9.17, 15) is 5.11 Å². The first-order valence-corrected chi connectivity index (χ1v) is 7.29. The van der Waals surface area contributed by atoms with Crippen molar-refractivity contribution >= 4 is 0 Å². The van der Waals surface area contributed by atoms with Crippen LogP contribution < -0.4 is 0 Å². The molecular formula is C16H26O2. The second-order valence-corrected chi connectivity index (χ2v) is 5.89. The number of hydrogen-bond acceptors (Lipinski definition) is 2. The number of rotatable bonds is 3. The van der Waals surface area contributed by atoms with Crippen LogP contribution >= 0.6 is 0 Å². The van der Waals surface area contributed by atoms with Crippen molar-refractivity contribution in [2.45, 2.75) is 65.9 Å². The van der Waals surface area contributed by atoms with Crippen LogP contribution in [-0.4, -0.2) is 5.11 Å². The second kappa shape index (κ2) is 5.48. The van der Waals surface area contributed by atoms with Gasteiger partial charge in [0.15, 0.2) is 0 Å². The Bertz CT molecular complexity index is 397. The fourth-order valence-corrected chi connectivity index (χ4v) is 3.39. The standard InChI is InChI=1S/C16H26O2/c1-5-13-6-8-14(9-7-13)16(17)15-10(2)11(3)18-12(15)4/h13-14,16-17H,5-9H2,1-4H3. The molecule has 0 spiro atoms. The highest BCUT2D eigenvalue weighted by Gasteiger charge is 2.30. The molecule has 1 heterocycles. The highest BCUT2D eigenvalue weighted by Crippen LogP contribution is 2.40. The summed E-state index contributed by atoms with van der Waals surface area (Å²) in [5, 5.41) is 10.6. The zero-order chi connectivity index (χ0) is 13.3. The van der Waals surface area contributed by atoms with Gasteiger partial charge in [-0.2, -0.15) is 0 Å². The first-order chi connectivity index (χ1) is 8.54. The summed E-state index contributed by atoms with van der Waals surface area (Å²) < 4.78 is 5.64. The quantitative estimate of drug-likeness (QED) is 0.859. The number of furan rings is 1. The number of hydrogen-bond donors (Lipinski definition) is 1. The van der Waals surface area contributed by atoms with E-state index in [4.69, 9.17) is 4.42 Å².